The molecule has 0 aliphatic heterocycles. The maximum absolute atomic E-state index is 13.1. The molecule has 0 spiro atoms. The summed E-state index contributed by atoms with van der Waals surface area (Å²) in [6.07, 6.45) is 1.86. The smallest absolute Gasteiger partial charge is 0.412 e. The summed E-state index contributed by atoms with van der Waals surface area (Å²) in [6, 6.07) is 32.4. The highest BCUT2D eigenvalue weighted by atomic mass is 16.6. The van der Waals surface area contributed by atoms with E-state index in [0.29, 0.717) is 47.0 Å². The first-order valence-corrected chi connectivity index (χ1v) is 13.9. The molecule has 9 nitrogen and oxygen atoms in total. The number of amides is 2. The Morgan fingerprint density at radius 3 is 2.28 bits per heavy atom. The van der Waals surface area contributed by atoms with Crippen molar-refractivity contribution < 1.29 is 28.9 Å². The van der Waals surface area contributed by atoms with Crippen LogP contribution in [0.1, 0.15) is 24.5 Å². The zero-order valence-electron chi connectivity index (χ0n) is 23.6. The Labute approximate surface area is 250 Å². The van der Waals surface area contributed by atoms with Crippen LogP contribution in [0.4, 0.5) is 21.9 Å². The largest absolute Gasteiger partial charge is 0.491 e. The van der Waals surface area contributed by atoms with Crippen molar-refractivity contribution in [3.8, 4) is 11.5 Å². The Morgan fingerprint density at radius 1 is 0.837 bits per heavy atom. The fourth-order valence-corrected chi connectivity index (χ4v) is 4.27. The zero-order valence-corrected chi connectivity index (χ0v) is 23.6. The molecule has 4 aromatic rings. The number of nitrogens with one attached hydrogen (secondary N) is 2. The number of hydrogen-bond donors (Lipinski definition) is 4. The van der Waals surface area contributed by atoms with Gasteiger partial charge in [-0.15, -0.1) is 0 Å². The lowest BCUT2D eigenvalue weighted by molar-refractivity contribution is -0.111. The van der Waals surface area contributed by atoms with Crippen molar-refractivity contribution in [3.05, 3.63) is 127 Å². The van der Waals surface area contributed by atoms with Gasteiger partial charge in [-0.1, -0.05) is 66.7 Å². The molecule has 0 aliphatic rings. The van der Waals surface area contributed by atoms with Crippen LogP contribution in [0.15, 0.2) is 121 Å². The number of benzene rings is 4. The number of ether oxygens (including phenoxy) is 3. The first kappa shape index (κ1) is 30.7. The van der Waals surface area contributed by atoms with Gasteiger partial charge in [0.05, 0.1) is 18.0 Å². The summed E-state index contributed by atoms with van der Waals surface area (Å²) >= 11 is 0. The fourth-order valence-electron chi connectivity index (χ4n) is 4.27. The van der Waals surface area contributed by atoms with E-state index < -0.39 is 18.3 Å². The van der Waals surface area contributed by atoms with Crippen molar-refractivity contribution in [2.75, 3.05) is 29.6 Å². The van der Waals surface area contributed by atoms with Gasteiger partial charge in [0.15, 0.2) is 6.10 Å². The van der Waals surface area contributed by atoms with Crippen LogP contribution in [0, 0.1) is 0 Å². The molecule has 2 amide bonds. The molecule has 0 unspecified atom stereocenters. The van der Waals surface area contributed by atoms with Crippen molar-refractivity contribution in [1.82, 2.24) is 0 Å². The number of allylic oxidation sites excluding steroid dienone is 1. The molecule has 222 valence electrons. The molecule has 2 atom stereocenters. The van der Waals surface area contributed by atoms with Crippen LogP contribution in [0.5, 0.6) is 11.5 Å². The Bertz CT molecular complexity index is 1480. The van der Waals surface area contributed by atoms with Crippen LogP contribution in [0.25, 0.3) is 0 Å². The Balaban J connectivity index is 1.56. The molecule has 0 heterocycles. The van der Waals surface area contributed by atoms with Crippen molar-refractivity contribution in [1.29, 1.82) is 0 Å². The lowest BCUT2D eigenvalue weighted by atomic mass is 9.99. The van der Waals surface area contributed by atoms with E-state index in [1.54, 1.807) is 60.7 Å². The quantitative estimate of drug-likeness (QED) is 0.101. The molecular weight excluding hydrogens is 546 g/mol. The standard InChI is InChI=1S/C34H35N3O6/c35-29-18-7-8-19-30(29)37-32(39)21-10-9-20-31(42-27-15-5-2-6-16-27)33(25-12-11-17-28(24-25)41-23-22-38)43-34(40)36-26-13-3-1-4-14-26/h1-8,10-19,21,24,31,33,38H,9,20,22-23,35H2,(H,36,40)(H,37,39)/b21-10+/t31-,33-/m0/s1. The summed E-state index contributed by atoms with van der Waals surface area (Å²) in [5.74, 6) is 0.791. The van der Waals surface area contributed by atoms with Gasteiger partial charge in [-0.3, -0.25) is 10.1 Å². The zero-order chi connectivity index (χ0) is 30.3. The number of rotatable bonds is 14. The second-order valence-corrected chi connectivity index (χ2v) is 9.49. The normalized spacial score (nSPS) is 12.2. The van der Waals surface area contributed by atoms with Crippen LogP contribution in [-0.2, 0) is 9.53 Å². The topological polar surface area (TPSA) is 132 Å². The van der Waals surface area contributed by atoms with Crippen LogP contribution >= 0.6 is 0 Å². The first-order valence-electron chi connectivity index (χ1n) is 13.9. The average molecular weight is 582 g/mol. The van der Waals surface area contributed by atoms with Crippen molar-refractivity contribution in [3.63, 3.8) is 0 Å². The average Bonchev–Trinajstić information content (AvgIpc) is 3.02. The van der Waals surface area contributed by atoms with Crippen LogP contribution in [0.2, 0.25) is 0 Å². The third kappa shape index (κ3) is 9.94. The molecule has 0 aliphatic carbocycles. The molecule has 0 radical (unpaired) electrons. The molecule has 0 saturated heterocycles. The SMILES string of the molecule is Nc1ccccc1NC(=O)/C=C/CC[C@H](Oc1ccccc1)[C@@H](OC(=O)Nc1ccccc1)c1cccc(OCCO)c1. The van der Waals surface area contributed by atoms with E-state index in [-0.39, 0.29) is 19.1 Å². The summed E-state index contributed by atoms with van der Waals surface area (Å²) in [4.78, 5) is 25.6. The maximum atomic E-state index is 13.1. The van der Waals surface area contributed by atoms with E-state index in [4.69, 9.17) is 19.9 Å². The van der Waals surface area contributed by atoms with Crippen molar-refractivity contribution in [2.24, 2.45) is 0 Å². The Morgan fingerprint density at radius 2 is 1.53 bits per heavy atom. The minimum absolute atomic E-state index is 0.120. The number of aliphatic hydroxyl groups is 1. The monoisotopic (exact) mass is 581 g/mol. The highest BCUT2D eigenvalue weighted by molar-refractivity contribution is 6.01. The molecule has 0 bridgehead atoms. The molecule has 4 aromatic carbocycles. The number of aliphatic hydroxyl groups excluding tert-OH is 1. The van der Waals surface area contributed by atoms with Crippen LogP contribution in [0.3, 0.4) is 0 Å². The van der Waals surface area contributed by atoms with Gasteiger partial charge in [-0.2, -0.15) is 0 Å². The Kier molecular flexibility index (Phi) is 11.6. The molecule has 43 heavy (non-hydrogen) atoms. The lowest BCUT2D eigenvalue weighted by Crippen LogP contribution is -2.31. The predicted octanol–water partition coefficient (Wildman–Crippen LogP) is 6.35. The summed E-state index contributed by atoms with van der Waals surface area (Å²) in [7, 11) is 0. The molecule has 9 heteroatoms. The van der Waals surface area contributed by atoms with Gasteiger partial charge in [-0.25, -0.2) is 4.79 Å². The molecule has 0 saturated carbocycles. The number of carbonyl (C=O) groups excluding carboxylic acids is 2. The number of nitrogens with two attached hydrogens (primary N) is 1. The number of nitrogen functional groups attached to an aromatic ring is 1. The lowest BCUT2D eigenvalue weighted by Gasteiger charge is -2.28. The number of hydrogen-bond acceptors (Lipinski definition) is 7. The molecule has 0 fully saturated rings. The van der Waals surface area contributed by atoms with Gasteiger partial charge in [-0.05, 0) is 73.0 Å². The maximum Gasteiger partial charge on any atom is 0.412 e. The van der Waals surface area contributed by atoms with E-state index in [2.05, 4.69) is 10.6 Å². The van der Waals surface area contributed by atoms with E-state index in [1.165, 1.54) is 6.08 Å². The number of carbonyl (C=O) groups is 2. The minimum Gasteiger partial charge on any atom is -0.491 e. The first-order chi connectivity index (χ1) is 21.0. The van der Waals surface area contributed by atoms with Crippen molar-refractivity contribution in [2.45, 2.75) is 25.0 Å². The van der Waals surface area contributed by atoms with E-state index in [1.807, 2.05) is 54.6 Å². The van der Waals surface area contributed by atoms with E-state index in [0.717, 1.165) is 0 Å². The molecule has 5 N–H and O–H groups in total. The van der Waals surface area contributed by atoms with Gasteiger partial charge in [0.2, 0.25) is 5.91 Å². The minimum atomic E-state index is -0.854. The Hall–Kier alpha value is -5.28. The predicted molar refractivity (Wildman–Crippen MR) is 167 cm³/mol. The van der Waals surface area contributed by atoms with Crippen LogP contribution < -0.4 is 25.8 Å². The summed E-state index contributed by atoms with van der Waals surface area (Å²) in [5, 5.41) is 14.7. The van der Waals surface area contributed by atoms with Gasteiger partial charge < -0.3 is 30.4 Å². The molecular formula is C34H35N3O6. The third-order valence-corrected chi connectivity index (χ3v) is 6.27. The molecule has 0 aromatic heterocycles. The fraction of sp³-hybridized carbons (Fsp3) is 0.176. The number of para-hydroxylation sites is 4. The second-order valence-electron chi connectivity index (χ2n) is 9.49. The highest BCUT2D eigenvalue weighted by Crippen LogP contribution is 2.31. The van der Waals surface area contributed by atoms with Crippen LogP contribution in [-0.4, -0.2) is 36.4 Å². The van der Waals surface area contributed by atoms with E-state index >= 15 is 0 Å². The second kappa shape index (κ2) is 16.2. The highest BCUT2D eigenvalue weighted by Gasteiger charge is 2.29. The van der Waals surface area contributed by atoms with Gasteiger partial charge in [0.1, 0.15) is 24.2 Å². The molecule has 4 rings (SSSR count). The summed E-state index contributed by atoms with van der Waals surface area (Å²) in [6.45, 7) is -0.0188. The third-order valence-electron chi connectivity index (χ3n) is 6.27. The summed E-state index contributed by atoms with van der Waals surface area (Å²) < 4.78 is 18.0. The summed E-state index contributed by atoms with van der Waals surface area (Å²) in [5.41, 5.74) is 8.15. The van der Waals surface area contributed by atoms with Gasteiger partial charge >= 0.3 is 6.09 Å². The van der Waals surface area contributed by atoms with E-state index in [9.17, 15) is 14.7 Å². The van der Waals surface area contributed by atoms with Gasteiger partial charge in [0, 0.05) is 5.69 Å². The van der Waals surface area contributed by atoms with Gasteiger partial charge in [0.25, 0.3) is 0 Å². The number of anilines is 3. The van der Waals surface area contributed by atoms with Crippen molar-refractivity contribution >= 4 is 29.1 Å².